The third-order valence-electron chi connectivity index (χ3n) is 6.58. The van der Waals surface area contributed by atoms with Crippen LogP contribution < -0.4 is 14.7 Å². The second-order valence-electron chi connectivity index (χ2n) is 10.8. The summed E-state index contributed by atoms with van der Waals surface area (Å²) in [6.45, 7) is 6.76. The first-order valence-electron chi connectivity index (χ1n) is 13.3. The van der Waals surface area contributed by atoms with Crippen LogP contribution in [0.5, 0.6) is 0 Å². The molecule has 8 nitrogen and oxygen atoms in total. The summed E-state index contributed by atoms with van der Waals surface area (Å²) in [6, 6.07) is 27.7. The summed E-state index contributed by atoms with van der Waals surface area (Å²) in [5, 5.41) is 0. The molecule has 3 aromatic carbocycles. The fourth-order valence-corrected chi connectivity index (χ4v) is 4.71. The second kappa shape index (κ2) is 11.2. The number of rotatable bonds is 7. The van der Waals surface area contributed by atoms with Gasteiger partial charge in [-0.3, -0.25) is 14.6 Å². The zero-order chi connectivity index (χ0) is 28.3. The lowest BCUT2D eigenvalue weighted by Crippen LogP contribution is -2.34. The molecule has 0 aliphatic carbocycles. The van der Waals surface area contributed by atoms with Gasteiger partial charge in [0.1, 0.15) is 23.6 Å². The van der Waals surface area contributed by atoms with Crippen LogP contribution in [-0.4, -0.2) is 34.6 Å². The van der Waals surface area contributed by atoms with Gasteiger partial charge in [0.05, 0.1) is 12.1 Å². The molecule has 4 aromatic rings. The van der Waals surface area contributed by atoms with Gasteiger partial charge in [-0.15, -0.1) is 0 Å². The molecule has 0 bridgehead atoms. The van der Waals surface area contributed by atoms with Gasteiger partial charge < -0.3 is 9.64 Å². The highest BCUT2D eigenvalue weighted by Gasteiger charge is 2.34. The van der Waals surface area contributed by atoms with Crippen molar-refractivity contribution in [1.82, 2.24) is 9.97 Å². The number of nitrogens with zero attached hydrogens (tertiary/aromatic N) is 5. The van der Waals surface area contributed by atoms with Crippen LogP contribution in [0.2, 0.25) is 0 Å². The molecule has 2 amide bonds. The Morgan fingerprint density at radius 1 is 0.875 bits per heavy atom. The van der Waals surface area contributed by atoms with E-state index in [1.807, 2.05) is 69.3 Å². The maximum absolute atomic E-state index is 13.4. The summed E-state index contributed by atoms with van der Waals surface area (Å²) < 4.78 is 5.47. The Labute approximate surface area is 234 Å². The summed E-state index contributed by atoms with van der Waals surface area (Å²) in [5.41, 5.74) is 3.84. The first-order valence-corrected chi connectivity index (χ1v) is 13.3. The van der Waals surface area contributed by atoms with Gasteiger partial charge >= 0.3 is 6.09 Å². The van der Waals surface area contributed by atoms with Crippen LogP contribution >= 0.6 is 0 Å². The zero-order valence-corrected chi connectivity index (χ0v) is 23.2. The topological polar surface area (TPSA) is 78.9 Å². The van der Waals surface area contributed by atoms with Crippen LogP contribution in [0.3, 0.4) is 0 Å². The van der Waals surface area contributed by atoms with E-state index in [1.165, 1.54) is 11.2 Å². The third kappa shape index (κ3) is 5.96. The summed E-state index contributed by atoms with van der Waals surface area (Å²) in [4.78, 5) is 40.3. The predicted molar refractivity (Wildman–Crippen MR) is 157 cm³/mol. The van der Waals surface area contributed by atoms with Gasteiger partial charge in [-0.1, -0.05) is 60.7 Å². The molecule has 5 rings (SSSR count). The minimum Gasteiger partial charge on any atom is -0.443 e. The number of benzene rings is 3. The van der Waals surface area contributed by atoms with Gasteiger partial charge in [0.25, 0.3) is 0 Å². The Bertz CT molecular complexity index is 1440. The predicted octanol–water partition coefficient (Wildman–Crippen LogP) is 6.28. The molecule has 0 fully saturated rings. The summed E-state index contributed by atoms with van der Waals surface area (Å²) >= 11 is 0. The Morgan fingerprint density at radius 2 is 1.45 bits per heavy atom. The molecule has 1 aromatic heterocycles. The fraction of sp³-hybridized carbons (Fsp3) is 0.250. The molecule has 8 heteroatoms. The molecule has 0 unspecified atom stereocenters. The van der Waals surface area contributed by atoms with Gasteiger partial charge in [-0.2, -0.15) is 0 Å². The molecule has 0 saturated carbocycles. The van der Waals surface area contributed by atoms with E-state index in [2.05, 4.69) is 39.1 Å². The summed E-state index contributed by atoms with van der Waals surface area (Å²) in [7, 11) is 1.66. The van der Waals surface area contributed by atoms with Crippen molar-refractivity contribution in [3.8, 4) is 0 Å². The first-order chi connectivity index (χ1) is 19.2. The molecule has 0 radical (unpaired) electrons. The van der Waals surface area contributed by atoms with Crippen LogP contribution in [0, 0.1) is 0 Å². The van der Waals surface area contributed by atoms with Crippen molar-refractivity contribution < 1.29 is 14.3 Å². The van der Waals surface area contributed by atoms with E-state index in [9.17, 15) is 9.59 Å². The van der Waals surface area contributed by atoms with Crippen LogP contribution in [-0.2, 0) is 29.0 Å². The normalized spacial score (nSPS) is 12.7. The minimum absolute atomic E-state index is 0.0793. The van der Waals surface area contributed by atoms with Crippen LogP contribution in [0.15, 0.2) is 91.3 Å². The number of hydrogen-bond donors (Lipinski definition) is 0. The van der Waals surface area contributed by atoms with E-state index in [0.29, 0.717) is 30.3 Å². The zero-order valence-electron chi connectivity index (χ0n) is 23.2. The highest BCUT2D eigenvalue weighted by molar-refractivity contribution is 6.07. The number of carbonyl (C=O) groups excluding carboxylic acids is 2. The summed E-state index contributed by atoms with van der Waals surface area (Å²) in [5.74, 6) is 1.24. The smallest absolute Gasteiger partial charge is 0.414 e. The maximum Gasteiger partial charge on any atom is 0.414 e. The lowest BCUT2D eigenvalue weighted by atomic mass is 10.1. The van der Waals surface area contributed by atoms with Crippen LogP contribution in [0.25, 0.3) is 0 Å². The van der Waals surface area contributed by atoms with E-state index in [4.69, 9.17) is 4.74 Å². The summed E-state index contributed by atoms with van der Waals surface area (Å²) in [6.07, 6.45) is 1.27. The van der Waals surface area contributed by atoms with Crippen molar-refractivity contribution in [3.63, 3.8) is 0 Å². The average molecular weight is 536 g/mol. The quantitative estimate of drug-likeness (QED) is 0.277. The van der Waals surface area contributed by atoms with Gasteiger partial charge in [-0.25, -0.2) is 14.8 Å². The van der Waals surface area contributed by atoms with E-state index in [0.717, 1.165) is 22.5 Å². The maximum atomic E-state index is 13.4. The van der Waals surface area contributed by atoms with Crippen LogP contribution in [0.1, 0.15) is 37.5 Å². The SMILES string of the molecule is CN(C(=O)OC(C)(C)C)c1ccc(N2C(=O)Cc3c(N(Cc4ccccc4)Cc4ccccc4)ncnc32)cc1. The molecule has 1 aliphatic heterocycles. The van der Waals surface area contributed by atoms with Crippen molar-refractivity contribution in [2.45, 2.75) is 45.9 Å². The van der Waals surface area contributed by atoms with E-state index < -0.39 is 11.7 Å². The highest BCUT2D eigenvalue weighted by Crippen LogP contribution is 2.39. The number of aromatic nitrogens is 2. The van der Waals surface area contributed by atoms with Crippen molar-refractivity contribution in [2.24, 2.45) is 0 Å². The fourth-order valence-electron chi connectivity index (χ4n) is 4.71. The Kier molecular flexibility index (Phi) is 7.51. The molecular formula is C32H33N5O3. The number of anilines is 4. The monoisotopic (exact) mass is 535 g/mol. The Balaban J connectivity index is 1.44. The van der Waals surface area contributed by atoms with Gasteiger partial charge in [0, 0.05) is 31.4 Å². The van der Waals surface area contributed by atoms with Crippen molar-refractivity contribution in [2.75, 3.05) is 21.7 Å². The van der Waals surface area contributed by atoms with E-state index in [-0.39, 0.29) is 12.3 Å². The van der Waals surface area contributed by atoms with Crippen molar-refractivity contribution >= 4 is 35.0 Å². The van der Waals surface area contributed by atoms with Gasteiger partial charge in [0.2, 0.25) is 5.91 Å². The molecule has 1 aliphatic rings. The number of fused-ring (bicyclic) bond motifs is 1. The standard InChI is InChI=1S/C32H33N5O3/c1-32(2,3)40-31(39)35(4)25-15-17-26(18-16-25)37-28(38)19-27-29(33-22-34-30(27)37)36(20-23-11-7-5-8-12-23)21-24-13-9-6-10-14-24/h5-18,22H,19-21H2,1-4H3. The molecule has 204 valence electrons. The number of ether oxygens (including phenoxy) is 1. The van der Waals surface area contributed by atoms with Crippen molar-refractivity contribution in [1.29, 1.82) is 0 Å². The second-order valence-corrected chi connectivity index (χ2v) is 10.8. The Morgan fingerprint density at radius 3 is 2.00 bits per heavy atom. The molecular weight excluding hydrogens is 502 g/mol. The van der Waals surface area contributed by atoms with Crippen LogP contribution in [0.4, 0.5) is 27.8 Å². The average Bonchev–Trinajstić information content (AvgIpc) is 3.28. The molecule has 0 spiro atoms. The van der Waals surface area contributed by atoms with Crippen molar-refractivity contribution in [3.05, 3.63) is 108 Å². The molecule has 0 saturated heterocycles. The molecule has 40 heavy (non-hydrogen) atoms. The molecule has 2 heterocycles. The van der Waals surface area contributed by atoms with Gasteiger partial charge in [0.15, 0.2) is 0 Å². The highest BCUT2D eigenvalue weighted by atomic mass is 16.6. The first kappa shape index (κ1) is 26.9. The van der Waals surface area contributed by atoms with Gasteiger partial charge in [-0.05, 0) is 56.2 Å². The lowest BCUT2D eigenvalue weighted by molar-refractivity contribution is -0.116. The third-order valence-corrected chi connectivity index (χ3v) is 6.58. The minimum atomic E-state index is -0.594. The number of carbonyl (C=O) groups is 2. The van der Waals surface area contributed by atoms with E-state index in [1.54, 1.807) is 24.1 Å². The number of amides is 2. The lowest BCUT2D eigenvalue weighted by Gasteiger charge is -2.26. The molecule has 0 N–H and O–H groups in total. The molecule has 0 atom stereocenters. The largest absolute Gasteiger partial charge is 0.443 e. The van der Waals surface area contributed by atoms with E-state index >= 15 is 0 Å². The number of hydrogen-bond acceptors (Lipinski definition) is 6. The Hall–Kier alpha value is -4.72.